The fourth-order valence-corrected chi connectivity index (χ4v) is 5.05. The molecule has 1 aromatic carbocycles. The Hall–Kier alpha value is -1.94. The Morgan fingerprint density at radius 3 is 2.74 bits per heavy atom. The van der Waals surface area contributed by atoms with Crippen molar-refractivity contribution >= 4 is 0 Å². The van der Waals surface area contributed by atoms with Crippen molar-refractivity contribution in [2.75, 3.05) is 20.7 Å². The van der Waals surface area contributed by atoms with Gasteiger partial charge in [-0.15, -0.1) is 0 Å². The molecule has 1 heterocycles. The van der Waals surface area contributed by atoms with Gasteiger partial charge >= 0.3 is 0 Å². The first-order valence-electron chi connectivity index (χ1n) is 8.15. The second kappa shape index (κ2) is 4.78. The van der Waals surface area contributed by atoms with Gasteiger partial charge in [0.05, 0.1) is 12.9 Å². The molecule has 2 fully saturated rings. The third-order valence-electron chi connectivity index (χ3n) is 5.96. The van der Waals surface area contributed by atoms with Gasteiger partial charge in [0, 0.05) is 30.0 Å². The number of nitrogens with zero attached hydrogens (tertiary/aromatic N) is 1. The summed E-state index contributed by atoms with van der Waals surface area (Å²) in [4.78, 5) is 2.37. The number of hydrogen-bond donors (Lipinski definition) is 2. The molecule has 1 aromatic rings. The van der Waals surface area contributed by atoms with E-state index in [1.807, 2.05) is 13.0 Å². The van der Waals surface area contributed by atoms with E-state index in [1.165, 1.54) is 5.57 Å². The fourth-order valence-electron chi connectivity index (χ4n) is 5.05. The van der Waals surface area contributed by atoms with Crippen molar-refractivity contribution < 1.29 is 14.9 Å². The van der Waals surface area contributed by atoms with E-state index in [1.54, 1.807) is 13.2 Å². The number of ether oxygens (including phenoxy) is 1. The quantitative estimate of drug-likeness (QED) is 0.825. The molecule has 23 heavy (non-hydrogen) atoms. The molecule has 3 atom stereocenters. The fraction of sp³-hybridized carbons (Fsp3) is 0.474. The maximum absolute atomic E-state index is 10.6. The van der Waals surface area contributed by atoms with Gasteiger partial charge in [0.1, 0.15) is 0 Å². The normalized spacial score (nSPS) is 32.5. The second-order valence-corrected chi connectivity index (χ2v) is 7.19. The molecule has 1 saturated carbocycles. The number of phenols is 2. The van der Waals surface area contributed by atoms with E-state index in [2.05, 4.69) is 24.1 Å². The zero-order valence-electron chi connectivity index (χ0n) is 13.8. The minimum Gasteiger partial charge on any atom is -0.504 e. The third kappa shape index (κ3) is 1.81. The molecule has 4 nitrogen and oxygen atoms in total. The Labute approximate surface area is 136 Å². The van der Waals surface area contributed by atoms with E-state index in [0.717, 1.165) is 36.3 Å². The lowest BCUT2D eigenvalue weighted by atomic mass is 9.68. The van der Waals surface area contributed by atoms with Gasteiger partial charge in [-0.2, -0.15) is 0 Å². The molecule has 2 N–H and O–H groups in total. The van der Waals surface area contributed by atoms with Crippen LogP contribution in [0.4, 0.5) is 0 Å². The average Bonchev–Trinajstić information content (AvgIpc) is 2.79. The summed E-state index contributed by atoms with van der Waals surface area (Å²) in [6, 6.07) is 3.90. The summed E-state index contributed by atoms with van der Waals surface area (Å²) >= 11 is 0. The van der Waals surface area contributed by atoms with Crippen LogP contribution in [0.1, 0.15) is 24.0 Å². The van der Waals surface area contributed by atoms with Gasteiger partial charge < -0.3 is 14.9 Å². The summed E-state index contributed by atoms with van der Waals surface area (Å²) in [5, 5.41) is 20.7. The highest BCUT2D eigenvalue weighted by Crippen LogP contribution is 2.60. The topological polar surface area (TPSA) is 52.9 Å². The Morgan fingerprint density at radius 2 is 2.04 bits per heavy atom. The minimum atomic E-state index is -0.271. The van der Waals surface area contributed by atoms with Crippen molar-refractivity contribution in [3.8, 4) is 11.5 Å². The zero-order valence-corrected chi connectivity index (χ0v) is 13.8. The lowest BCUT2D eigenvalue weighted by Crippen LogP contribution is -2.51. The Bertz CT molecular complexity index is 736. The molecule has 4 heteroatoms. The minimum absolute atomic E-state index is 0.0252. The molecule has 3 aliphatic rings. The Morgan fingerprint density at radius 1 is 1.26 bits per heavy atom. The summed E-state index contributed by atoms with van der Waals surface area (Å²) in [6.07, 6.45) is 5.96. The molecule has 2 aliphatic carbocycles. The largest absolute Gasteiger partial charge is 0.504 e. The summed E-state index contributed by atoms with van der Waals surface area (Å²) in [5.74, 6) is 1.52. The first-order chi connectivity index (χ1) is 11.0. The lowest BCUT2D eigenvalue weighted by Gasteiger charge is -2.43. The number of likely N-dealkylation sites (tertiary alicyclic amines) is 1. The number of allylic oxidation sites excluding steroid dienone is 3. The number of aromatic hydroxyl groups is 2. The SMILES string of the molecule is COC1=CC=C2[C@H]3[C@H](CN3C)C[C@]2(c2c(C)ccc(O)c2O)C1. The number of likely N-dealkylation sites (N-methyl/N-ethyl adjacent to an activating group) is 1. The smallest absolute Gasteiger partial charge is 0.161 e. The number of fused-ring (bicyclic) bond motifs is 3. The van der Waals surface area contributed by atoms with Crippen LogP contribution in [0.25, 0.3) is 0 Å². The van der Waals surface area contributed by atoms with E-state index in [9.17, 15) is 10.2 Å². The highest BCUT2D eigenvalue weighted by atomic mass is 16.5. The van der Waals surface area contributed by atoms with Crippen molar-refractivity contribution in [1.82, 2.24) is 4.90 Å². The van der Waals surface area contributed by atoms with E-state index in [4.69, 9.17) is 4.74 Å². The molecule has 1 saturated heterocycles. The van der Waals surface area contributed by atoms with E-state index < -0.39 is 0 Å². The number of aryl methyl sites for hydroxylation is 1. The van der Waals surface area contributed by atoms with Crippen LogP contribution in [0.15, 0.2) is 35.6 Å². The van der Waals surface area contributed by atoms with Gasteiger partial charge in [-0.1, -0.05) is 12.1 Å². The maximum atomic E-state index is 10.6. The molecule has 0 amide bonds. The van der Waals surface area contributed by atoms with E-state index in [0.29, 0.717) is 12.0 Å². The Balaban J connectivity index is 1.93. The molecule has 4 rings (SSSR count). The second-order valence-electron chi connectivity index (χ2n) is 7.19. The number of methoxy groups -OCH3 is 1. The van der Waals surface area contributed by atoms with E-state index >= 15 is 0 Å². The van der Waals surface area contributed by atoms with Gasteiger partial charge in [0.2, 0.25) is 0 Å². The monoisotopic (exact) mass is 313 g/mol. The molecule has 0 unspecified atom stereocenters. The number of hydrogen-bond acceptors (Lipinski definition) is 4. The first-order valence-corrected chi connectivity index (χ1v) is 8.15. The van der Waals surface area contributed by atoms with Crippen molar-refractivity contribution in [3.05, 3.63) is 46.7 Å². The van der Waals surface area contributed by atoms with Crippen LogP contribution < -0.4 is 0 Å². The van der Waals surface area contributed by atoms with Gasteiger partial charge in [0.25, 0.3) is 0 Å². The highest BCUT2D eigenvalue weighted by Gasteiger charge is 2.58. The third-order valence-corrected chi connectivity index (χ3v) is 5.96. The molecule has 0 aromatic heterocycles. The number of rotatable bonds is 2. The van der Waals surface area contributed by atoms with Gasteiger partial charge in [-0.25, -0.2) is 0 Å². The van der Waals surface area contributed by atoms with Crippen LogP contribution in [0.3, 0.4) is 0 Å². The lowest BCUT2D eigenvalue weighted by molar-refractivity contribution is 0.0873. The van der Waals surface area contributed by atoms with Crippen molar-refractivity contribution in [2.24, 2.45) is 5.92 Å². The summed E-state index contributed by atoms with van der Waals surface area (Å²) in [6.45, 7) is 3.10. The van der Waals surface area contributed by atoms with Gasteiger partial charge in [0.15, 0.2) is 11.5 Å². The highest BCUT2D eigenvalue weighted by molar-refractivity contribution is 5.60. The predicted molar refractivity (Wildman–Crippen MR) is 88.5 cm³/mol. The van der Waals surface area contributed by atoms with Crippen molar-refractivity contribution in [2.45, 2.75) is 31.2 Å². The molecule has 0 radical (unpaired) electrons. The first kappa shape index (κ1) is 14.6. The van der Waals surface area contributed by atoms with Crippen molar-refractivity contribution in [1.29, 1.82) is 0 Å². The van der Waals surface area contributed by atoms with Crippen LogP contribution in [-0.2, 0) is 10.2 Å². The number of phenolic OH excluding ortho intramolecular Hbond substituents is 2. The summed E-state index contributed by atoms with van der Waals surface area (Å²) in [5.41, 5.74) is 2.97. The van der Waals surface area contributed by atoms with Crippen LogP contribution in [0, 0.1) is 12.8 Å². The molecule has 0 bridgehead atoms. The molecule has 0 spiro atoms. The van der Waals surface area contributed by atoms with Gasteiger partial charge in [-0.3, -0.25) is 4.90 Å². The van der Waals surface area contributed by atoms with Crippen molar-refractivity contribution in [3.63, 3.8) is 0 Å². The molecular formula is C19H23NO3. The van der Waals surface area contributed by atoms with E-state index in [-0.39, 0.29) is 16.9 Å². The summed E-state index contributed by atoms with van der Waals surface area (Å²) < 4.78 is 5.53. The standard InChI is InChI=1S/C19H23NO3/c1-11-4-7-15(21)18(22)16(11)19-8-12-10-20(2)17(12)14(19)6-5-13(9-19)23-3/h4-7,12,17,21-22H,8-10H2,1-3H3/t12-,17+,19-/m0/s1. The predicted octanol–water partition coefficient (Wildman–Crippen LogP) is 2.84. The average molecular weight is 313 g/mol. The molecule has 1 aliphatic heterocycles. The summed E-state index contributed by atoms with van der Waals surface area (Å²) in [7, 11) is 3.85. The molecule has 122 valence electrons. The van der Waals surface area contributed by atoms with Crippen LogP contribution in [-0.4, -0.2) is 41.9 Å². The molecular weight excluding hydrogens is 290 g/mol. The van der Waals surface area contributed by atoms with Crippen LogP contribution in [0.5, 0.6) is 11.5 Å². The van der Waals surface area contributed by atoms with Crippen LogP contribution >= 0.6 is 0 Å². The zero-order chi connectivity index (χ0) is 16.4. The van der Waals surface area contributed by atoms with Gasteiger partial charge in [-0.05, 0) is 49.6 Å². The van der Waals surface area contributed by atoms with Crippen LogP contribution in [0.2, 0.25) is 0 Å². The number of benzene rings is 1. The maximum Gasteiger partial charge on any atom is 0.161 e. The Kier molecular flexibility index (Phi) is 3.04.